The lowest BCUT2D eigenvalue weighted by molar-refractivity contribution is 0.590. The van der Waals surface area contributed by atoms with Crippen LogP contribution in [0.5, 0.6) is 0 Å². The number of rotatable bonds is 0. The van der Waals surface area contributed by atoms with Crippen molar-refractivity contribution in [3.05, 3.63) is 35.4 Å². The van der Waals surface area contributed by atoms with E-state index in [0.29, 0.717) is 0 Å². The highest BCUT2D eigenvalue weighted by molar-refractivity contribution is 9.38. The Hall–Kier alpha value is 0.660. The van der Waals surface area contributed by atoms with E-state index in [9.17, 15) is 0 Å². The van der Waals surface area contributed by atoms with Gasteiger partial charge in [0.05, 0.1) is 0 Å². The van der Waals surface area contributed by atoms with Crippen molar-refractivity contribution < 1.29 is 0 Å². The Bertz CT molecular complexity index is 268. The number of halogens is 3. The molecule has 0 nitrogen and oxygen atoms in total. The topological polar surface area (TPSA) is 0 Å². The van der Waals surface area contributed by atoms with Crippen molar-refractivity contribution >= 4 is 47.8 Å². The minimum absolute atomic E-state index is 0.214. The second-order valence-electron chi connectivity index (χ2n) is 4.33. The van der Waals surface area contributed by atoms with Crippen LogP contribution in [-0.4, -0.2) is 0 Å². The van der Waals surface area contributed by atoms with E-state index >= 15 is 0 Å². The summed E-state index contributed by atoms with van der Waals surface area (Å²) in [4.78, 5) is 0. The highest BCUT2D eigenvalue weighted by Crippen LogP contribution is 2.44. The highest BCUT2D eigenvalue weighted by Gasteiger charge is 2.21. The molecular weight excluding hydrogens is 372 g/mol. The van der Waals surface area contributed by atoms with Gasteiger partial charge in [0.2, 0.25) is 0 Å². The lowest BCUT2D eigenvalue weighted by Gasteiger charge is -2.20. The molecule has 0 aromatic heterocycles. The Morgan fingerprint density at radius 2 is 1.14 bits per heavy atom. The zero-order chi connectivity index (χ0) is 11.0. The zero-order valence-corrected chi connectivity index (χ0v) is 13.2. The molecule has 0 aliphatic carbocycles. The van der Waals surface area contributed by atoms with Crippen LogP contribution in [-0.2, 0) is 7.56 Å². The average molecular weight is 385 g/mol. The predicted molar refractivity (Wildman–Crippen MR) is 73.6 cm³/mol. The molecule has 0 amide bonds. The minimum atomic E-state index is -0.302. The minimum Gasteiger partial charge on any atom is -0.0581 e. The van der Waals surface area contributed by atoms with Gasteiger partial charge >= 0.3 is 0 Å². The Balaban J connectivity index is 3.02. The predicted octanol–water partition coefficient (Wildman–Crippen LogP) is 5.28. The maximum Gasteiger partial charge on any atom is 0.159 e. The van der Waals surface area contributed by atoms with E-state index in [-0.39, 0.29) is 7.56 Å². The third-order valence-corrected chi connectivity index (χ3v) is 3.45. The standard InChI is InChI=1S/C11H13Br3/c1-10(2,3)8-4-6-9(7-5-8)11(12,13)14/h4-7H,1-3H3. The van der Waals surface area contributed by atoms with Crippen LogP contribution >= 0.6 is 47.8 Å². The van der Waals surface area contributed by atoms with E-state index in [4.69, 9.17) is 0 Å². The van der Waals surface area contributed by atoms with Gasteiger partial charge in [0.25, 0.3) is 0 Å². The van der Waals surface area contributed by atoms with Gasteiger partial charge in [-0.1, -0.05) is 92.8 Å². The molecule has 1 aromatic carbocycles. The third kappa shape index (κ3) is 3.35. The van der Waals surface area contributed by atoms with Gasteiger partial charge in [-0.05, 0) is 16.5 Å². The fourth-order valence-corrected chi connectivity index (χ4v) is 1.95. The Kier molecular flexibility index (Phi) is 3.88. The summed E-state index contributed by atoms with van der Waals surface area (Å²) >= 11 is 10.5. The molecule has 0 aliphatic rings. The molecule has 0 unspecified atom stereocenters. The van der Waals surface area contributed by atoms with Crippen LogP contribution in [0.3, 0.4) is 0 Å². The van der Waals surface area contributed by atoms with Crippen LogP contribution in [0.2, 0.25) is 0 Å². The van der Waals surface area contributed by atoms with E-state index in [1.54, 1.807) is 0 Å². The van der Waals surface area contributed by atoms with Crippen molar-refractivity contribution in [3.8, 4) is 0 Å². The number of benzene rings is 1. The molecule has 0 spiro atoms. The summed E-state index contributed by atoms with van der Waals surface area (Å²) in [7, 11) is 0. The monoisotopic (exact) mass is 382 g/mol. The smallest absolute Gasteiger partial charge is 0.0581 e. The van der Waals surface area contributed by atoms with Crippen LogP contribution in [0.1, 0.15) is 31.9 Å². The molecule has 0 atom stereocenters. The fourth-order valence-electron chi connectivity index (χ4n) is 1.16. The SMILES string of the molecule is CC(C)(C)c1ccc(C(Br)(Br)Br)cc1. The molecule has 0 heterocycles. The average Bonchev–Trinajstić information content (AvgIpc) is 2.01. The van der Waals surface area contributed by atoms with Crippen molar-refractivity contribution in [2.75, 3.05) is 0 Å². The maximum atomic E-state index is 3.49. The van der Waals surface area contributed by atoms with E-state index in [1.165, 1.54) is 5.56 Å². The molecule has 0 saturated carbocycles. The molecule has 0 fully saturated rings. The first kappa shape index (κ1) is 12.7. The van der Waals surface area contributed by atoms with Crippen LogP contribution in [0.25, 0.3) is 0 Å². The first-order chi connectivity index (χ1) is 6.21. The maximum absolute atomic E-state index is 3.49. The van der Waals surface area contributed by atoms with Gasteiger partial charge in [0.15, 0.2) is 2.14 Å². The van der Waals surface area contributed by atoms with Gasteiger partial charge in [0, 0.05) is 0 Å². The van der Waals surface area contributed by atoms with Gasteiger partial charge < -0.3 is 0 Å². The molecule has 1 rings (SSSR count). The van der Waals surface area contributed by atoms with E-state index in [1.807, 2.05) is 0 Å². The van der Waals surface area contributed by atoms with Crippen molar-refractivity contribution in [1.29, 1.82) is 0 Å². The summed E-state index contributed by atoms with van der Waals surface area (Å²) in [5.41, 5.74) is 2.72. The molecule has 78 valence electrons. The summed E-state index contributed by atoms with van der Waals surface area (Å²) < 4.78 is -0.302. The van der Waals surface area contributed by atoms with Crippen molar-refractivity contribution in [2.45, 2.75) is 28.3 Å². The van der Waals surface area contributed by atoms with E-state index in [2.05, 4.69) is 92.8 Å². The Morgan fingerprint density at radius 1 is 0.786 bits per heavy atom. The van der Waals surface area contributed by atoms with Gasteiger partial charge in [0.1, 0.15) is 0 Å². The Labute approximate surface area is 111 Å². The zero-order valence-electron chi connectivity index (χ0n) is 8.44. The molecule has 0 bridgehead atoms. The summed E-state index contributed by atoms with van der Waals surface area (Å²) in [5.74, 6) is 0. The van der Waals surface area contributed by atoms with Crippen molar-refractivity contribution in [3.63, 3.8) is 0 Å². The molecule has 0 N–H and O–H groups in total. The van der Waals surface area contributed by atoms with E-state index < -0.39 is 0 Å². The second-order valence-corrected chi connectivity index (χ2v) is 11.1. The van der Waals surface area contributed by atoms with Crippen molar-refractivity contribution in [1.82, 2.24) is 0 Å². The fraction of sp³-hybridized carbons (Fsp3) is 0.455. The van der Waals surface area contributed by atoms with Crippen molar-refractivity contribution in [2.24, 2.45) is 0 Å². The number of alkyl halides is 3. The second kappa shape index (κ2) is 4.26. The quantitative estimate of drug-likeness (QED) is 0.534. The summed E-state index contributed by atoms with van der Waals surface area (Å²) in [6, 6.07) is 8.54. The van der Waals surface area contributed by atoms with Crippen LogP contribution < -0.4 is 0 Å². The van der Waals surface area contributed by atoms with Crippen LogP contribution in [0, 0.1) is 0 Å². The number of hydrogen-bond donors (Lipinski definition) is 0. The molecule has 14 heavy (non-hydrogen) atoms. The number of hydrogen-bond acceptors (Lipinski definition) is 0. The van der Waals surface area contributed by atoms with Gasteiger partial charge in [-0.2, -0.15) is 0 Å². The van der Waals surface area contributed by atoms with Crippen LogP contribution in [0.15, 0.2) is 24.3 Å². The summed E-state index contributed by atoms with van der Waals surface area (Å²) in [6.45, 7) is 6.64. The normalized spacial score (nSPS) is 13.0. The summed E-state index contributed by atoms with van der Waals surface area (Å²) in [6.07, 6.45) is 0. The molecule has 0 aliphatic heterocycles. The molecule has 0 radical (unpaired) electrons. The van der Waals surface area contributed by atoms with Gasteiger partial charge in [-0.25, -0.2) is 0 Å². The summed E-state index contributed by atoms with van der Waals surface area (Å²) in [5, 5.41) is 0. The largest absolute Gasteiger partial charge is 0.159 e. The van der Waals surface area contributed by atoms with Crippen LogP contribution in [0.4, 0.5) is 0 Å². The first-order valence-electron chi connectivity index (χ1n) is 4.39. The third-order valence-electron chi connectivity index (χ3n) is 2.08. The molecule has 0 saturated heterocycles. The van der Waals surface area contributed by atoms with Gasteiger partial charge in [-0.15, -0.1) is 0 Å². The van der Waals surface area contributed by atoms with E-state index in [0.717, 1.165) is 5.56 Å². The lowest BCUT2D eigenvalue weighted by Crippen LogP contribution is -2.11. The molecular formula is C11H13Br3. The lowest BCUT2D eigenvalue weighted by atomic mass is 9.87. The Morgan fingerprint density at radius 3 is 1.43 bits per heavy atom. The molecule has 3 heteroatoms. The van der Waals surface area contributed by atoms with Gasteiger partial charge in [-0.3, -0.25) is 0 Å². The molecule has 1 aromatic rings. The highest BCUT2D eigenvalue weighted by atomic mass is 80.0. The first-order valence-corrected chi connectivity index (χ1v) is 6.77.